The van der Waals surface area contributed by atoms with E-state index in [1.165, 1.54) is 16.7 Å². The molecule has 3 aromatic carbocycles. The van der Waals surface area contributed by atoms with E-state index < -0.39 is 0 Å². The summed E-state index contributed by atoms with van der Waals surface area (Å²) in [6.07, 6.45) is 0. The highest BCUT2D eigenvalue weighted by Crippen LogP contribution is 2.48. The third-order valence-electron chi connectivity index (χ3n) is 4.58. The molecule has 0 heterocycles. The Hall–Kier alpha value is -2.03. The lowest BCUT2D eigenvalue weighted by Crippen LogP contribution is -2.31. The maximum Gasteiger partial charge on any atom is 0.0907 e. The highest BCUT2D eigenvalue weighted by Gasteiger charge is 2.36. The van der Waals surface area contributed by atoms with Crippen molar-refractivity contribution in [2.24, 2.45) is 0 Å². The Morgan fingerprint density at radius 3 is 1.40 bits per heavy atom. The maximum absolute atomic E-state index is 3.37. The molecule has 0 aromatic heterocycles. The summed E-state index contributed by atoms with van der Waals surface area (Å²) in [5.41, 5.74) is 3.96. The molecular formula is C23H25NS. The molecule has 2 heteroatoms. The summed E-state index contributed by atoms with van der Waals surface area (Å²) < 4.78 is -0.213. The van der Waals surface area contributed by atoms with Gasteiger partial charge in [-0.05, 0) is 30.7 Å². The van der Waals surface area contributed by atoms with Gasteiger partial charge < -0.3 is 5.32 Å². The van der Waals surface area contributed by atoms with Crippen molar-refractivity contribution >= 4 is 11.8 Å². The summed E-state index contributed by atoms with van der Waals surface area (Å²) in [7, 11) is 2.03. The molecule has 3 rings (SSSR count). The molecule has 1 N–H and O–H groups in total. The van der Waals surface area contributed by atoms with Crippen molar-refractivity contribution in [3.63, 3.8) is 0 Å². The van der Waals surface area contributed by atoms with Gasteiger partial charge in [0.05, 0.1) is 4.75 Å². The third-order valence-corrected chi connectivity index (χ3v) is 6.39. The Kier molecular flexibility index (Phi) is 5.95. The summed E-state index contributed by atoms with van der Waals surface area (Å²) in [5, 5.41) is 3.37. The smallest absolute Gasteiger partial charge is 0.0907 e. The first kappa shape index (κ1) is 17.8. The van der Waals surface area contributed by atoms with Crippen LogP contribution in [0.4, 0.5) is 0 Å². The number of benzene rings is 3. The molecule has 3 aromatic rings. The van der Waals surface area contributed by atoms with Crippen LogP contribution in [0, 0.1) is 0 Å². The van der Waals surface area contributed by atoms with Crippen molar-refractivity contribution in [3.8, 4) is 0 Å². The molecule has 0 fully saturated rings. The van der Waals surface area contributed by atoms with Crippen LogP contribution in [0.25, 0.3) is 0 Å². The fourth-order valence-corrected chi connectivity index (χ4v) is 4.68. The third kappa shape index (κ3) is 3.81. The van der Waals surface area contributed by atoms with Crippen LogP contribution in [0.5, 0.6) is 0 Å². The van der Waals surface area contributed by atoms with Crippen molar-refractivity contribution in [2.45, 2.75) is 17.7 Å². The first-order valence-corrected chi connectivity index (χ1v) is 9.73. The van der Waals surface area contributed by atoms with Crippen LogP contribution in [0.15, 0.2) is 91.0 Å². The van der Waals surface area contributed by atoms with E-state index in [0.717, 1.165) is 5.75 Å². The lowest BCUT2D eigenvalue weighted by atomic mass is 9.84. The number of hydrogen-bond donors (Lipinski definition) is 1. The molecule has 1 atom stereocenters. The molecule has 0 aliphatic heterocycles. The minimum atomic E-state index is -0.213. The van der Waals surface area contributed by atoms with E-state index in [0.29, 0.717) is 6.04 Å². The van der Waals surface area contributed by atoms with E-state index in [9.17, 15) is 0 Å². The Morgan fingerprint density at radius 1 is 0.720 bits per heavy atom. The SMILES string of the molecule is CN[C@H](C)CSC(c1ccccc1)(c1ccccc1)c1ccccc1. The highest BCUT2D eigenvalue weighted by atomic mass is 32.2. The van der Waals surface area contributed by atoms with Gasteiger partial charge in [0, 0.05) is 11.8 Å². The molecular weight excluding hydrogens is 322 g/mol. The zero-order valence-electron chi connectivity index (χ0n) is 14.9. The van der Waals surface area contributed by atoms with Crippen LogP contribution in [-0.4, -0.2) is 18.8 Å². The number of rotatable bonds is 7. The van der Waals surface area contributed by atoms with E-state index in [-0.39, 0.29) is 4.75 Å². The van der Waals surface area contributed by atoms with E-state index in [1.54, 1.807) is 0 Å². The van der Waals surface area contributed by atoms with E-state index in [1.807, 2.05) is 18.8 Å². The van der Waals surface area contributed by atoms with Crippen LogP contribution in [0.2, 0.25) is 0 Å². The Balaban J connectivity index is 2.20. The van der Waals surface area contributed by atoms with Crippen LogP contribution >= 0.6 is 11.8 Å². The van der Waals surface area contributed by atoms with Crippen molar-refractivity contribution in [1.29, 1.82) is 0 Å². The molecule has 0 aliphatic carbocycles. The second-order valence-corrected chi connectivity index (χ2v) is 7.51. The zero-order valence-corrected chi connectivity index (χ0v) is 15.7. The summed E-state index contributed by atoms with van der Waals surface area (Å²) in [4.78, 5) is 0. The maximum atomic E-state index is 3.37. The highest BCUT2D eigenvalue weighted by molar-refractivity contribution is 8.00. The molecule has 0 amide bonds. The predicted molar refractivity (Wildman–Crippen MR) is 110 cm³/mol. The van der Waals surface area contributed by atoms with Crippen molar-refractivity contribution in [2.75, 3.05) is 12.8 Å². The van der Waals surface area contributed by atoms with Gasteiger partial charge in [0.1, 0.15) is 0 Å². The van der Waals surface area contributed by atoms with Crippen LogP contribution in [0.3, 0.4) is 0 Å². The Bertz CT molecular complexity index is 659. The van der Waals surface area contributed by atoms with Gasteiger partial charge in [0.25, 0.3) is 0 Å². The zero-order chi connectivity index (χ0) is 17.5. The van der Waals surface area contributed by atoms with Gasteiger partial charge in [-0.2, -0.15) is 0 Å². The largest absolute Gasteiger partial charge is 0.316 e. The molecule has 0 saturated carbocycles. The molecule has 0 bridgehead atoms. The molecule has 0 unspecified atom stereocenters. The van der Waals surface area contributed by atoms with Gasteiger partial charge in [-0.1, -0.05) is 91.0 Å². The van der Waals surface area contributed by atoms with Crippen LogP contribution in [-0.2, 0) is 4.75 Å². The second kappa shape index (κ2) is 8.37. The Morgan fingerprint density at radius 2 is 1.08 bits per heavy atom. The summed E-state index contributed by atoms with van der Waals surface area (Å²) >= 11 is 2.00. The van der Waals surface area contributed by atoms with Gasteiger partial charge in [-0.15, -0.1) is 11.8 Å². The number of thioether (sulfide) groups is 1. The standard InChI is InChI=1S/C23H25NS/c1-19(24-2)18-25-23(20-12-6-3-7-13-20,21-14-8-4-9-15-21)22-16-10-5-11-17-22/h3-17,19,24H,18H2,1-2H3/t19-/m1/s1. The van der Waals surface area contributed by atoms with Gasteiger partial charge in [0.15, 0.2) is 0 Å². The number of nitrogens with one attached hydrogen (secondary N) is 1. The quantitative estimate of drug-likeness (QED) is 0.581. The fraction of sp³-hybridized carbons (Fsp3) is 0.217. The van der Waals surface area contributed by atoms with Gasteiger partial charge >= 0.3 is 0 Å². The molecule has 0 radical (unpaired) electrons. The average Bonchev–Trinajstić information content (AvgIpc) is 2.71. The van der Waals surface area contributed by atoms with Gasteiger partial charge in [-0.25, -0.2) is 0 Å². The predicted octanol–water partition coefficient (Wildman–Crippen LogP) is 5.32. The van der Waals surface area contributed by atoms with Gasteiger partial charge in [-0.3, -0.25) is 0 Å². The minimum absolute atomic E-state index is 0.213. The summed E-state index contributed by atoms with van der Waals surface area (Å²) in [6, 6.07) is 33.0. The number of hydrogen-bond acceptors (Lipinski definition) is 2. The lowest BCUT2D eigenvalue weighted by molar-refractivity contribution is 0.674. The Labute approximate surface area is 155 Å². The topological polar surface area (TPSA) is 12.0 Å². The van der Waals surface area contributed by atoms with E-state index >= 15 is 0 Å². The van der Waals surface area contributed by atoms with Gasteiger partial charge in [0.2, 0.25) is 0 Å². The van der Waals surface area contributed by atoms with E-state index in [2.05, 4.69) is 103 Å². The van der Waals surface area contributed by atoms with Crippen molar-refractivity contribution < 1.29 is 0 Å². The summed E-state index contributed by atoms with van der Waals surface area (Å²) in [5.74, 6) is 1.02. The first-order chi connectivity index (χ1) is 12.3. The van der Waals surface area contributed by atoms with Crippen LogP contribution < -0.4 is 5.32 Å². The van der Waals surface area contributed by atoms with Crippen molar-refractivity contribution in [3.05, 3.63) is 108 Å². The summed E-state index contributed by atoms with van der Waals surface area (Å²) in [6.45, 7) is 2.23. The first-order valence-electron chi connectivity index (χ1n) is 8.75. The monoisotopic (exact) mass is 347 g/mol. The fourth-order valence-electron chi connectivity index (χ4n) is 3.10. The molecule has 0 spiro atoms. The molecule has 128 valence electrons. The second-order valence-electron chi connectivity index (χ2n) is 6.28. The normalized spacial score (nSPS) is 12.7. The molecule has 25 heavy (non-hydrogen) atoms. The van der Waals surface area contributed by atoms with E-state index in [4.69, 9.17) is 0 Å². The molecule has 0 saturated heterocycles. The molecule has 1 nitrogen and oxygen atoms in total. The minimum Gasteiger partial charge on any atom is -0.316 e. The van der Waals surface area contributed by atoms with Crippen LogP contribution in [0.1, 0.15) is 23.6 Å². The lowest BCUT2D eigenvalue weighted by Gasteiger charge is -2.36. The molecule has 0 aliphatic rings. The average molecular weight is 348 g/mol. The van der Waals surface area contributed by atoms with Crippen molar-refractivity contribution in [1.82, 2.24) is 5.32 Å².